The maximum atomic E-state index is 12.0. The fraction of sp³-hybridized carbons (Fsp3) is 0.133. The van der Waals surface area contributed by atoms with Crippen LogP contribution in [0.5, 0.6) is 0 Å². The lowest BCUT2D eigenvalue weighted by Crippen LogP contribution is -2.20. The fourth-order valence-electron chi connectivity index (χ4n) is 1.78. The van der Waals surface area contributed by atoms with Crippen LogP contribution in [0, 0.1) is 0 Å². The van der Waals surface area contributed by atoms with E-state index in [-0.39, 0.29) is 26.6 Å². The van der Waals surface area contributed by atoms with E-state index in [1.54, 1.807) is 6.21 Å². The number of nitrogen functional groups attached to an aromatic ring is 1. The van der Waals surface area contributed by atoms with Crippen molar-refractivity contribution in [3.8, 4) is 0 Å². The topological polar surface area (TPSA) is 80.4 Å². The van der Waals surface area contributed by atoms with Gasteiger partial charge in [0.1, 0.15) is 5.02 Å². The number of nitrogens with two attached hydrogens (primary N) is 1. The molecule has 0 spiro atoms. The molecule has 3 N–H and O–H groups in total. The number of aryl methyl sites for hydroxylation is 1. The highest BCUT2D eigenvalue weighted by Crippen LogP contribution is 2.34. The van der Waals surface area contributed by atoms with Gasteiger partial charge in [-0.2, -0.15) is 5.10 Å². The van der Waals surface area contributed by atoms with Crippen LogP contribution in [0.15, 0.2) is 35.4 Å². The predicted octanol–water partition coefficient (Wildman–Crippen LogP) is 3.97. The van der Waals surface area contributed by atoms with Gasteiger partial charge in [-0.25, -0.2) is 10.4 Å². The van der Waals surface area contributed by atoms with E-state index in [4.69, 9.17) is 40.5 Å². The van der Waals surface area contributed by atoms with Crippen LogP contribution in [0.1, 0.15) is 22.5 Å². The third-order valence-corrected chi connectivity index (χ3v) is 4.08. The first kappa shape index (κ1) is 17.5. The molecule has 0 aliphatic rings. The van der Waals surface area contributed by atoms with Gasteiger partial charge in [-0.3, -0.25) is 4.79 Å². The third kappa shape index (κ3) is 4.58. The minimum atomic E-state index is -0.615. The van der Waals surface area contributed by atoms with Crippen LogP contribution >= 0.6 is 34.8 Å². The molecule has 1 aromatic heterocycles. The molecule has 1 heterocycles. The summed E-state index contributed by atoms with van der Waals surface area (Å²) < 4.78 is 0. The van der Waals surface area contributed by atoms with Crippen molar-refractivity contribution in [1.29, 1.82) is 0 Å². The van der Waals surface area contributed by atoms with E-state index < -0.39 is 5.91 Å². The third-order valence-electron chi connectivity index (χ3n) is 2.95. The summed E-state index contributed by atoms with van der Waals surface area (Å²) in [5.41, 5.74) is 9.05. The molecule has 1 aromatic carbocycles. The van der Waals surface area contributed by atoms with Gasteiger partial charge in [0, 0.05) is 6.21 Å². The summed E-state index contributed by atoms with van der Waals surface area (Å²) in [7, 11) is 0. The van der Waals surface area contributed by atoms with Crippen molar-refractivity contribution in [2.45, 2.75) is 12.8 Å². The largest absolute Gasteiger partial charge is 0.396 e. The first-order chi connectivity index (χ1) is 11.0. The second-order valence-corrected chi connectivity index (χ2v) is 5.68. The van der Waals surface area contributed by atoms with Crippen LogP contribution in [0.2, 0.25) is 15.2 Å². The van der Waals surface area contributed by atoms with Gasteiger partial charge < -0.3 is 5.73 Å². The van der Waals surface area contributed by atoms with Crippen molar-refractivity contribution >= 4 is 52.6 Å². The van der Waals surface area contributed by atoms with Crippen LogP contribution in [0.4, 0.5) is 5.69 Å². The number of benzene rings is 1. The van der Waals surface area contributed by atoms with Gasteiger partial charge in [0.15, 0.2) is 10.8 Å². The minimum absolute atomic E-state index is 0.00606. The molecule has 0 fully saturated rings. The molecule has 23 heavy (non-hydrogen) atoms. The second kappa shape index (κ2) is 8.15. The molecule has 0 bridgehead atoms. The van der Waals surface area contributed by atoms with E-state index in [1.165, 1.54) is 5.56 Å². The number of hydrazone groups is 1. The van der Waals surface area contributed by atoms with Crippen LogP contribution in [0.25, 0.3) is 0 Å². The van der Waals surface area contributed by atoms with E-state index in [2.05, 4.69) is 15.5 Å². The molecule has 120 valence electrons. The first-order valence-corrected chi connectivity index (χ1v) is 7.80. The number of carbonyl (C=O) groups excluding carboxylic acids is 1. The molecule has 0 atom stereocenters. The molecule has 0 unspecified atom stereocenters. The zero-order valence-corrected chi connectivity index (χ0v) is 14.2. The van der Waals surface area contributed by atoms with Crippen molar-refractivity contribution in [1.82, 2.24) is 10.4 Å². The average Bonchev–Trinajstić information content (AvgIpc) is 2.56. The van der Waals surface area contributed by atoms with E-state index >= 15 is 0 Å². The van der Waals surface area contributed by atoms with Crippen LogP contribution in [-0.4, -0.2) is 17.1 Å². The lowest BCUT2D eigenvalue weighted by Gasteiger charge is -2.07. The molecule has 0 saturated heterocycles. The zero-order valence-electron chi connectivity index (χ0n) is 11.9. The van der Waals surface area contributed by atoms with Crippen LogP contribution in [-0.2, 0) is 6.42 Å². The average molecular weight is 372 g/mol. The Balaban J connectivity index is 1.94. The Kier molecular flexibility index (Phi) is 6.21. The lowest BCUT2D eigenvalue weighted by molar-refractivity contribution is 0.0950. The van der Waals surface area contributed by atoms with E-state index in [0.29, 0.717) is 6.42 Å². The quantitative estimate of drug-likeness (QED) is 0.474. The highest BCUT2D eigenvalue weighted by molar-refractivity contribution is 6.46. The molecule has 1 amide bonds. The standard InChI is InChI=1S/C15H13Cl3N4O/c16-10-12(19)11(17)14(18)21-13(10)15(23)22-20-8-4-7-9-5-2-1-3-6-9/h1-3,5-6,8H,4,7H2,(H2,19,21)(H,22,23)/b20-8+. The number of hydrogen-bond donors (Lipinski definition) is 2. The number of carbonyl (C=O) groups is 1. The molecular formula is C15H13Cl3N4O. The maximum Gasteiger partial charge on any atom is 0.291 e. The second-order valence-electron chi connectivity index (χ2n) is 4.57. The van der Waals surface area contributed by atoms with Gasteiger partial charge >= 0.3 is 0 Å². The maximum absolute atomic E-state index is 12.0. The summed E-state index contributed by atoms with van der Waals surface area (Å²) in [4.78, 5) is 15.8. The number of rotatable bonds is 5. The Morgan fingerprint density at radius 1 is 1.22 bits per heavy atom. The number of nitrogens with one attached hydrogen (secondary N) is 1. The highest BCUT2D eigenvalue weighted by Gasteiger charge is 2.19. The first-order valence-electron chi connectivity index (χ1n) is 6.66. The summed E-state index contributed by atoms with van der Waals surface area (Å²) in [6, 6.07) is 9.94. The molecular weight excluding hydrogens is 359 g/mol. The van der Waals surface area contributed by atoms with Gasteiger partial charge in [0.05, 0.1) is 10.7 Å². The Morgan fingerprint density at radius 2 is 1.91 bits per heavy atom. The molecule has 2 rings (SSSR count). The molecule has 0 aliphatic heterocycles. The molecule has 2 aromatic rings. The number of hydrogen-bond acceptors (Lipinski definition) is 4. The summed E-state index contributed by atoms with van der Waals surface area (Å²) >= 11 is 17.5. The minimum Gasteiger partial charge on any atom is -0.396 e. The van der Waals surface area contributed by atoms with Crippen LogP contribution in [0.3, 0.4) is 0 Å². The number of amides is 1. The van der Waals surface area contributed by atoms with E-state index in [1.807, 2.05) is 30.3 Å². The van der Waals surface area contributed by atoms with Gasteiger partial charge in [-0.05, 0) is 18.4 Å². The highest BCUT2D eigenvalue weighted by atomic mass is 35.5. The number of pyridine rings is 1. The van der Waals surface area contributed by atoms with Crippen molar-refractivity contribution < 1.29 is 4.79 Å². The van der Waals surface area contributed by atoms with E-state index in [0.717, 1.165) is 6.42 Å². The summed E-state index contributed by atoms with van der Waals surface area (Å²) in [5.74, 6) is -0.615. The molecule has 0 radical (unpaired) electrons. The molecule has 0 saturated carbocycles. The van der Waals surface area contributed by atoms with Crippen molar-refractivity contribution in [2.75, 3.05) is 5.73 Å². The Hall–Kier alpha value is -1.82. The van der Waals surface area contributed by atoms with Crippen molar-refractivity contribution in [3.63, 3.8) is 0 Å². The smallest absolute Gasteiger partial charge is 0.291 e. The van der Waals surface area contributed by atoms with E-state index in [9.17, 15) is 4.79 Å². The molecule has 8 heteroatoms. The fourth-order valence-corrected chi connectivity index (χ4v) is 2.37. The van der Waals surface area contributed by atoms with Crippen molar-refractivity contribution in [3.05, 3.63) is 56.8 Å². The molecule has 5 nitrogen and oxygen atoms in total. The Bertz CT molecular complexity index is 735. The lowest BCUT2D eigenvalue weighted by atomic mass is 10.1. The molecule has 0 aliphatic carbocycles. The number of halogens is 3. The van der Waals surface area contributed by atoms with Gasteiger partial charge in [0.25, 0.3) is 5.91 Å². The van der Waals surface area contributed by atoms with Gasteiger partial charge in [-0.15, -0.1) is 0 Å². The SMILES string of the molecule is Nc1c(Cl)c(Cl)nc(C(=O)N/N=C/CCc2ccccc2)c1Cl. The summed E-state index contributed by atoms with van der Waals surface area (Å²) in [6.45, 7) is 0. The Morgan fingerprint density at radius 3 is 2.61 bits per heavy atom. The Labute approximate surface area is 148 Å². The number of anilines is 1. The number of aromatic nitrogens is 1. The summed E-state index contributed by atoms with van der Waals surface area (Å²) in [6.07, 6.45) is 3.09. The van der Waals surface area contributed by atoms with Gasteiger partial charge in [0.2, 0.25) is 0 Å². The van der Waals surface area contributed by atoms with Gasteiger partial charge in [-0.1, -0.05) is 65.1 Å². The monoisotopic (exact) mass is 370 g/mol. The number of nitrogens with zero attached hydrogens (tertiary/aromatic N) is 2. The predicted molar refractivity (Wildman–Crippen MR) is 94.4 cm³/mol. The summed E-state index contributed by atoms with van der Waals surface area (Å²) in [5, 5.41) is 3.71. The van der Waals surface area contributed by atoms with Crippen LogP contribution < -0.4 is 11.2 Å². The zero-order chi connectivity index (χ0) is 16.8. The van der Waals surface area contributed by atoms with Crippen molar-refractivity contribution in [2.24, 2.45) is 5.10 Å². The normalized spacial score (nSPS) is 10.9.